The molecule has 14 heavy (non-hydrogen) atoms. The Kier molecular flexibility index (Phi) is 3.13. The average molecular weight is 197 g/mol. The monoisotopic (exact) mass is 197 g/mol. The smallest absolute Gasteiger partial charge is 0.0756 e. The highest BCUT2D eigenvalue weighted by Crippen LogP contribution is 2.44. The van der Waals surface area contributed by atoms with Crippen LogP contribution < -0.4 is 5.32 Å². The van der Waals surface area contributed by atoms with Crippen molar-refractivity contribution in [3.05, 3.63) is 0 Å². The van der Waals surface area contributed by atoms with E-state index < -0.39 is 0 Å². The van der Waals surface area contributed by atoms with Crippen molar-refractivity contribution in [2.75, 3.05) is 19.7 Å². The number of nitrogens with one attached hydrogen (secondary N) is 1. The summed E-state index contributed by atoms with van der Waals surface area (Å²) in [6.45, 7) is 7.81. The van der Waals surface area contributed by atoms with E-state index in [9.17, 15) is 0 Å². The van der Waals surface area contributed by atoms with Gasteiger partial charge in [-0.05, 0) is 17.8 Å². The summed E-state index contributed by atoms with van der Waals surface area (Å²) in [5.74, 6) is 0.821. The zero-order chi connectivity index (χ0) is 10.0. The van der Waals surface area contributed by atoms with Crippen molar-refractivity contribution in [2.24, 2.45) is 11.3 Å². The molecular weight excluding hydrogens is 174 g/mol. The number of hydrogen-bond donors (Lipinski definition) is 1. The molecule has 3 unspecified atom stereocenters. The van der Waals surface area contributed by atoms with Gasteiger partial charge in [0.15, 0.2) is 0 Å². The standard InChI is InChI=1S/C12H23NO/c1-10-5-3-4-6-12(10,2)11-9-13-7-8-14-11/h10-11,13H,3-9H2,1-2H3. The van der Waals surface area contributed by atoms with Gasteiger partial charge in [0.2, 0.25) is 0 Å². The molecule has 3 atom stereocenters. The van der Waals surface area contributed by atoms with Crippen LogP contribution in [0.1, 0.15) is 39.5 Å². The molecule has 2 aliphatic rings. The molecule has 1 saturated heterocycles. The van der Waals surface area contributed by atoms with Crippen molar-refractivity contribution in [3.8, 4) is 0 Å². The van der Waals surface area contributed by atoms with E-state index >= 15 is 0 Å². The lowest BCUT2D eigenvalue weighted by molar-refractivity contribution is -0.0881. The maximum absolute atomic E-state index is 5.93. The molecule has 1 aliphatic heterocycles. The predicted molar refractivity (Wildman–Crippen MR) is 58.3 cm³/mol. The molecule has 2 nitrogen and oxygen atoms in total. The van der Waals surface area contributed by atoms with E-state index in [0.29, 0.717) is 11.5 Å². The number of ether oxygens (including phenoxy) is 1. The third-order valence-electron chi connectivity index (χ3n) is 4.39. The Hall–Kier alpha value is -0.0800. The minimum atomic E-state index is 0.422. The third-order valence-corrected chi connectivity index (χ3v) is 4.39. The average Bonchev–Trinajstić information content (AvgIpc) is 2.24. The Bertz CT molecular complexity index is 189. The highest BCUT2D eigenvalue weighted by atomic mass is 16.5. The van der Waals surface area contributed by atoms with Gasteiger partial charge in [0.25, 0.3) is 0 Å². The third kappa shape index (κ3) is 1.82. The van der Waals surface area contributed by atoms with Crippen LogP contribution in [0.4, 0.5) is 0 Å². The summed E-state index contributed by atoms with van der Waals surface area (Å²) in [5.41, 5.74) is 0.422. The molecule has 0 amide bonds. The van der Waals surface area contributed by atoms with Crippen LogP contribution in [0.5, 0.6) is 0 Å². The second kappa shape index (κ2) is 4.19. The first-order valence-corrected chi connectivity index (χ1v) is 6.06. The lowest BCUT2D eigenvalue weighted by Crippen LogP contribution is -2.51. The molecule has 2 fully saturated rings. The highest BCUT2D eigenvalue weighted by molar-refractivity contribution is 4.92. The van der Waals surface area contributed by atoms with E-state index in [0.717, 1.165) is 25.6 Å². The summed E-state index contributed by atoms with van der Waals surface area (Å²) < 4.78 is 5.93. The maximum Gasteiger partial charge on any atom is 0.0756 e. The van der Waals surface area contributed by atoms with Crippen molar-refractivity contribution in [2.45, 2.75) is 45.6 Å². The molecule has 0 aromatic heterocycles. The summed E-state index contributed by atoms with van der Waals surface area (Å²) in [6, 6.07) is 0. The molecule has 0 aromatic rings. The summed E-state index contributed by atoms with van der Waals surface area (Å²) in [6.07, 6.45) is 5.99. The number of morpholine rings is 1. The van der Waals surface area contributed by atoms with Crippen LogP contribution in [0.2, 0.25) is 0 Å². The Balaban J connectivity index is 2.03. The Morgan fingerprint density at radius 1 is 1.36 bits per heavy atom. The molecule has 2 rings (SSSR count). The van der Waals surface area contributed by atoms with Crippen LogP contribution in [0.25, 0.3) is 0 Å². The summed E-state index contributed by atoms with van der Waals surface area (Å²) in [5, 5.41) is 3.45. The maximum atomic E-state index is 5.93. The summed E-state index contributed by atoms with van der Waals surface area (Å²) in [7, 11) is 0. The fourth-order valence-corrected chi connectivity index (χ4v) is 3.00. The van der Waals surface area contributed by atoms with Crippen LogP contribution in [0.15, 0.2) is 0 Å². The molecule has 1 N–H and O–H groups in total. The Labute approximate surface area is 87.4 Å². The van der Waals surface area contributed by atoms with Gasteiger partial charge in [-0.15, -0.1) is 0 Å². The second-order valence-corrected chi connectivity index (χ2v) is 5.22. The number of rotatable bonds is 1. The van der Waals surface area contributed by atoms with E-state index in [4.69, 9.17) is 4.74 Å². The van der Waals surface area contributed by atoms with Gasteiger partial charge < -0.3 is 10.1 Å². The van der Waals surface area contributed by atoms with Crippen LogP contribution in [0, 0.1) is 11.3 Å². The molecule has 1 heterocycles. The van der Waals surface area contributed by atoms with Gasteiger partial charge in [0.05, 0.1) is 12.7 Å². The van der Waals surface area contributed by atoms with Gasteiger partial charge in [0, 0.05) is 13.1 Å². The largest absolute Gasteiger partial charge is 0.375 e. The van der Waals surface area contributed by atoms with Crippen LogP contribution >= 0.6 is 0 Å². The van der Waals surface area contributed by atoms with Crippen molar-refractivity contribution >= 4 is 0 Å². The van der Waals surface area contributed by atoms with Gasteiger partial charge in [-0.1, -0.05) is 33.1 Å². The molecule has 0 radical (unpaired) electrons. The van der Waals surface area contributed by atoms with E-state index in [-0.39, 0.29) is 0 Å². The zero-order valence-corrected chi connectivity index (χ0v) is 9.51. The first kappa shape index (κ1) is 10.4. The van der Waals surface area contributed by atoms with E-state index in [1.165, 1.54) is 25.7 Å². The molecule has 0 spiro atoms. The van der Waals surface area contributed by atoms with Crippen molar-refractivity contribution < 1.29 is 4.74 Å². The quantitative estimate of drug-likeness (QED) is 0.696. The Morgan fingerprint density at radius 2 is 2.21 bits per heavy atom. The van der Waals surface area contributed by atoms with E-state index in [1.54, 1.807) is 0 Å². The predicted octanol–water partition coefficient (Wildman–Crippen LogP) is 2.19. The van der Waals surface area contributed by atoms with Crippen molar-refractivity contribution in [1.29, 1.82) is 0 Å². The molecule has 2 heteroatoms. The van der Waals surface area contributed by atoms with Crippen LogP contribution in [-0.2, 0) is 4.74 Å². The highest BCUT2D eigenvalue weighted by Gasteiger charge is 2.41. The van der Waals surface area contributed by atoms with Crippen LogP contribution in [-0.4, -0.2) is 25.8 Å². The lowest BCUT2D eigenvalue weighted by Gasteiger charge is -2.46. The topological polar surface area (TPSA) is 21.3 Å². The normalized spacial score (nSPS) is 45.0. The molecule has 0 bridgehead atoms. The fraction of sp³-hybridized carbons (Fsp3) is 1.00. The first-order chi connectivity index (χ1) is 6.73. The molecule has 82 valence electrons. The fourth-order valence-electron chi connectivity index (χ4n) is 3.00. The summed E-state index contributed by atoms with van der Waals surface area (Å²) >= 11 is 0. The van der Waals surface area contributed by atoms with Gasteiger partial charge in [-0.3, -0.25) is 0 Å². The van der Waals surface area contributed by atoms with E-state index in [2.05, 4.69) is 19.2 Å². The molecule has 0 aromatic carbocycles. The summed E-state index contributed by atoms with van der Waals surface area (Å²) in [4.78, 5) is 0. The van der Waals surface area contributed by atoms with Gasteiger partial charge in [-0.2, -0.15) is 0 Å². The molecule has 1 aliphatic carbocycles. The lowest BCUT2D eigenvalue weighted by atomic mass is 9.65. The Morgan fingerprint density at radius 3 is 2.86 bits per heavy atom. The van der Waals surface area contributed by atoms with Gasteiger partial charge in [-0.25, -0.2) is 0 Å². The van der Waals surface area contributed by atoms with E-state index in [1.807, 2.05) is 0 Å². The zero-order valence-electron chi connectivity index (χ0n) is 9.51. The SMILES string of the molecule is CC1CCCCC1(C)C1CNCCO1. The minimum Gasteiger partial charge on any atom is -0.375 e. The van der Waals surface area contributed by atoms with Crippen molar-refractivity contribution in [3.63, 3.8) is 0 Å². The van der Waals surface area contributed by atoms with Gasteiger partial charge in [0.1, 0.15) is 0 Å². The second-order valence-electron chi connectivity index (χ2n) is 5.22. The van der Waals surface area contributed by atoms with Crippen molar-refractivity contribution in [1.82, 2.24) is 5.32 Å². The number of hydrogen-bond acceptors (Lipinski definition) is 2. The molecular formula is C12H23NO. The first-order valence-electron chi connectivity index (χ1n) is 6.06. The minimum absolute atomic E-state index is 0.422. The molecule has 1 saturated carbocycles. The van der Waals surface area contributed by atoms with Crippen LogP contribution in [0.3, 0.4) is 0 Å². The van der Waals surface area contributed by atoms with Gasteiger partial charge >= 0.3 is 0 Å².